The van der Waals surface area contributed by atoms with Crippen molar-refractivity contribution in [3.8, 4) is 0 Å². The maximum absolute atomic E-state index is 9.15. The molecular weight excluding hydrogens is 178 g/mol. The van der Waals surface area contributed by atoms with Crippen molar-refractivity contribution in [1.29, 1.82) is 0 Å². The van der Waals surface area contributed by atoms with Gasteiger partial charge >= 0.3 is 0 Å². The van der Waals surface area contributed by atoms with E-state index in [1.165, 1.54) is 0 Å². The lowest BCUT2D eigenvalue weighted by molar-refractivity contribution is 0.234. The molecule has 1 rings (SSSR count). The van der Waals surface area contributed by atoms with Crippen LogP contribution >= 0.6 is 0 Å². The number of hydrogen-bond donors (Lipinski definition) is 2. The summed E-state index contributed by atoms with van der Waals surface area (Å²) in [5, 5.41) is 16.5. The summed E-state index contributed by atoms with van der Waals surface area (Å²) in [6.07, 6.45) is 4.64. The van der Waals surface area contributed by atoms with Gasteiger partial charge in [-0.15, -0.1) is 0 Å². The van der Waals surface area contributed by atoms with Crippen LogP contribution in [0.4, 0.5) is 0 Å². The van der Waals surface area contributed by atoms with Crippen LogP contribution in [0.1, 0.15) is 19.4 Å². The summed E-state index contributed by atoms with van der Waals surface area (Å²) in [6.45, 7) is 4.31. The van der Waals surface area contributed by atoms with E-state index in [0.29, 0.717) is 6.04 Å². The first-order valence-corrected chi connectivity index (χ1v) is 4.96. The standard InChI is InChI=1S/C10H19N3O/c1-8(2)12-10(7-14)4-9-5-11-13(3)6-9/h5-6,8,10,12,14H,4,7H2,1-3H3. The van der Waals surface area contributed by atoms with Crippen molar-refractivity contribution >= 4 is 0 Å². The minimum Gasteiger partial charge on any atom is -0.395 e. The van der Waals surface area contributed by atoms with E-state index in [9.17, 15) is 0 Å². The van der Waals surface area contributed by atoms with Crippen LogP contribution in [0.3, 0.4) is 0 Å². The number of aromatic nitrogens is 2. The van der Waals surface area contributed by atoms with Gasteiger partial charge in [-0.1, -0.05) is 13.8 Å². The van der Waals surface area contributed by atoms with E-state index in [-0.39, 0.29) is 12.6 Å². The van der Waals surface area contributed by atoms with Crippen molar-refractivity contribution in [1.82, 2.24) is 15.1 Å². The molecule has 0 amide bonds. The molecule has 1 aromatic rings. The molecule has 4 nitrogen and oxygen atoms in total. The van der Waals surface area contributed by atoms with Crippen LogP contribution in [0.5, 0.6) is 0 Å². The van der Waals surface area contributed by atoms with Crippen molar-refractivity contribution in [3.63, 3.8) is 0 Å². The lowest BCUT2D eigenvalue weighted by Gasteiger charge is -2.18. The smallest absolute Gasteiger partial charge is 0.0587 e. The van der Waals surface area contributed by atoms with E-state index < -0.39 is 0 Å². The fraction of sp³-hybridized carbons (Fsp3) is 0.700. The van der Waals surface area contributed by atoms with Crippen molar-refractivity contribution in [2.24, 2.45) is 7.05 Å². The van der Waals surface area contributed by atoms with Crippen LogP contribution in [0.15, 0.2) is 12.4 Å². The van der Waals surface area contributed by atoms with E-state index in [0.717, 1.165) is 12.0 Å². The van der Waals surface area contributed by atoms with Crippen LogP contribution in [-0.2, 0) is 13.5 Å². The van der Waals surface area contributed by atoms with Gasteiger partial charge in [0.05, 0.1) is 12.8 Å². The van der Waals surface area contributed by atoms with E-state index >= 15 is 0 Å². The van der Waals surface area contributed by atoms with E-state index in [1.54, 1.807) is 4.68 Å². The zero-order valence-electron chi connectivity index (χ0n) is 9.07. The van der Waals surface area contributed by atoms with Crippen LogP contribution in [0, 0.1) is 0 Å². The minimum absolute atomic E-state index is 0.124. The van der Waals surface area contributed by atoms with Crippen molar-refractivity contribution in [2.75, 3.05) is 6.61 Å². The molecule has 0 fully saturated rings. The normalized spacial score (nSPS) is 13.5. The van der Waals surface area contributed by atoms with Gasteiger partial charge < -0.3 is 10.4 Å². The van der Waals surface area contributed by atoms with E-state index in [4.69, 9.17) is 5.11 Å². The molecule has 0 spiro atoms. The molecule has 1 aromatic heterocycles. The third-order valence-electron chi connectivity index (χ3n) is 2.03. The molecule has 80 valence electrons. The lowest BCUT2D eigenvalue weighted by Crippen LogP contribution is -2.38. The topological polar surface area (TPSA) is 50.1 Å². The summed E-state index contributed by atoms with van der Waals surface area (Å²) in [4.78, 5) is 0. The molecule has 0 aliphatic rings. The summed E-state index contributed by atoms with van der Waals surface area (Å²) in [6, 6.07) is 0.517. The second kappa shape index (κ2) is 5.12. The maximum atomic E-state index is 9.15. The van der Waals surface area contributed by atoms with Crippen molar-refractivity contribution in [3.05, 3.63) is 18.0 Å². The minimum atomic E-state index is 0.124. The highest BCUT2D eigenvalue weighted by molar-refractivity contribution is 5.06. The summed E-state index contributed by atoms with van der Waals surface area (Å²) >= 11 is 0. The Labute approximate surface area is 84.9 Å². The van der Waals surface area contributed by atoms with Gasteiger partial charge in [0.15, 0.2) is 0 Å². The Morgan fingerprint density at radius 2 is 2.29 bits per heavy atom. The molecule has 1 heterocycles. The van der Waals surface area contributed by atoms with Gasteiger partial charge in [0.2, 0.25) is 0 Å². The SMILES string of the molecule is CC(C)NC(CO)Cc1cnn(C)c1. The van der Waals surface area contributed by atoms with Gasteiger partial charge in [0, 0.05) is 25.3 Å². The van der Waals surface area contributed by atoms with Gasteiger partial charge in [0.25, 0.3) is 0 Å². The van der Waals surface area contributed by atoms with Crippen LogP contribution in [0.2, 0.25) is 0 Å². The van der Waals surface area contributed by atoms with Crippen LogP contribution in [0.25, 0.3) is 0 Å². The molecule has 0 aliphatic carbocycles. The Kier molecular flexibility index (Phi) is 4.10. The highest BCUT2D eigenvalue weighted by Gasteiger charge is 2.10. The zero-order chi connectivity index (χ0) is 10.6. The quantitative estimate of drug-likeness (QED) is 0.715. The predicted molar refractivity (Wildman–Crippen MR) is 56.1 cm³/mol. The second-order valence-corrected chi connectivity index (χ2v) is 3.93. The van der Waals surface area contributed by atoms with Crippen LogP contribution < -0.4 is 5.32 Å². The Balaban J connectivity index is 2.48. The monoisotopic (exact) mass is 197 g/mol. The largest absolute Gasteiger partial charge is 0.395 e. The first-order chi connectivity index (χ1) is 6.61. The average molecular weight is 197 g/mol. The number of nitrogens with zero attached hydrogens (tertiary/aromatic N) is 2. The van der Waals surface area contributed by atoms with E-state index in [2.05, 4.69) is 24.3 Å². The molecule has 1 atom stereocenters. The molecular formula is C10H19N3O. The predicted octanol–water partition coefficient (Wildman–Crippen LogP) is 0.321. The van der Waals surface area contributed by atoms with Gasteiger partial charge in [0.1, 0.15) is 0 Å². The highest BCUT2D eigenvalue weighted by atomic mass is 16.3. The van der Waals surface area contributed by atoms with Crippen LogP contribution in [-0.4, -0.2) is 33.6 Å². The molecule has 0 bridgehead atoms. The third-order valence-corrected chi connectivity index (χ3v) is 2.03. The molecule has 0 aliphatic heterocycles. The maximum Gasteiger partial charge on any atom is 0.0587 e. The first kappa shape index (κ1) is 11.2. The summed E-state index contributed by atoms with van der Waals surface area (Å²) in [7, 11) is 1.90. The first-order valence-electron chi connectivity index (χ1n) is 4.96. The number of aliphatic hydroxyl groups is 1. The Hall–Kier alpha value is -0.870. The van der Waals surface area contributed by atoms with Gasteiger partial charge in [-0.25, -0.2) is 0 Å². The Bertz CT molecular complexity index is 270. The number of nitrogens with one attached hydrogen (secondary N) is 1. The van der Waals surface area contributed by atoms with Gasteiger partial charge in [-0.05, 0) is 12.0 Å². The summed E-state index contributed by atoms with van der Waals surface area (Å²) in [5.74, 6) is 0. The number of aryl methyl sites for hydroxylation is 1. The number of aliphatic hydroxyl groups excluding tert-OH is 1. The lowest BCUT2D eigenvalue weighted by atomic mass is 10.1. The Morgan fingerprint density at radius 1 is 1.57 bits per heavy atom. The van der Waals surface area contributed by atoms with Gasteiger partial charge in [-0.2, -0.15) is 5.10 Å². The highest BCUT2D eigenvalue weighted by Crippen LogP contribution is 2.02. The van der Waals surface area contributed by atoms with Crippen molar-refractivity contribution < 1.29 is 5.11 Å². The molecule has 2 N–H and O–H groups in total. The fourth-order valence-electron chi connectivity index (χ4n) is 1.51. The molecule has 1 unspecified atom stereocenters. The van der Waals surface area contributed by atoms with E-state index in [1.807, 2.05) is 19.4 Å². The second-order valence-electron chi connectivity index (χ2n) is 3.93. The molecule has 14 heavy (non-hydrogen) atoms. The fourth-order valence-corrected chi connectivity index (χ4v) is 1.51. The Morgan fingerprint density at radius 3 is 2.71 bits per heavy atom. The molecule has 0 radical (unpaired) electrons. The summed E-state index contributed by atoms with van der Waals surface area (Å²) < 4.78 is 1.78. The number of hydrogen-bond acceptors (Lipinski definition) is 3. The average Bonchev–Trinajstić information content (AvgIpc) is 2.49. The molecule has 0 saturated heterocycles. The number of rotatable bonds is 5. The third kappa shape index (κ3) is 3.47. The zero-order valence-corrected chi connectivity index (χ0v) is 9.07. The van der Waals surface area contributed by atoms with Crippen molar-refractivity contribution in [2.45, 2.75) is 32.4 Å². The van der Waals surface area contributed by atoms with Gasteiger partial charge in [-0.3, -0.25) is 4.68 Å². The summed E-state index contributed by atoms with van der Waals surface area (Å²) in [5.41, 5.74) is 1.15. The molecule has 0 aromatic carbocycles. The molecule has 0 saturated carbocycles. The molecule has 4 heteroatoms.